The maximum absolute atomic E-state index is 10.8. The van der Waals surface area contributed by atoms with Crippen molar-refractivity contribution in [3.05, 3.63) is 23.9 Å². The molecule has 0 spiro atoms. The summed E-state index contributed by atoms with van der Waals surface area (Å²) in [6.45, 7) is 1.88. The number of rotatable bonds is 3. The standard InChI is InChI=1S/C13H16N4O2/c14-8-11-2-1-5-15-12(11)16-9-10-3-6-17(7-4-10)13(18)19/h1-2,5,10H,3-4,6-7,9H2,(H,15,16)(H,18,19). The Balaban J connectivity index is 1.84. The maximum Gasteiger partial charge on any atom is 0.407 e. The molecule has 1 aliphatic heterocycles. The van der Waals surface area contributed by atoms with Crippen molar-refractivity contribution < 1.29 is 9.90 Å². The maximum atomic E-state index is 10.8. The fraction of sp³-hybridized carbons (Fsp3) is 0.462. The molecule has 0 aliphatic carbocycles. The molecule has 1 amide bonds. The van der Waals surface area contributed by atoms with Gasteiger partial charge in [0, 0.05) is 25.8 Å². The Morgan fingerprint density at radius 1 is 1.58 bits per heavy atom. The molecule has 1 aromatic heterocycles. The van der Waals surface area contributed by atoms with Crippen LogP contribution in [0.3, 0.4) is 0 Å². The molecule has 0 radical (unpaired) electrons. The van der Waals surface area contributed by atoms with E-state index < -0.39 is 6.09 Å². The number of nitriles is 1. The highest BCUT2D eigenvalue weighted by Crippen LogP contribution is 2.18. The van der Waals surface area contributed by atoms with Crippen molar-refractivity contribution in [2.75, 3.05) is 25.0 Å². The third-order valence-electron chi connectivity index (χ3n) is 3.37. The minimum absolute atomic E-state index is 0.421. The fourth-order valence-electron chi connectivity index (χ4n) is 2.21. The normalized spacial score (nSPS) is 15.8. The van der Waals surface area contributed by atoms with Gasteiger partial charge in [0.15, 0.2) is 0 Å². The number of aromatic nitrogens is 1. The van der Waals surface area contributed by atoms with Crippen LogP contribution in [0.2, 0.25) is 0 Å². The minimum Gasteiger partial charge on any atom is -0.465 e. The van der Waals surface area contributed by atoms with Crippen LogP contribution in [-0.2, 0) is 0 Å². The van der Waals surface area contributed by atoms with Crippen LogP contribution in [-0.4, -0.2) is 40.7 Å². The summed E-state index contributed by atoms with van der Waals surface area (Å²) >= 11 is 0. The third-order valence-corrected chi connectivity index (χ3v) is 3.37. The molecule has 100 valence electrons. The van der Waals surface area contributed by atoms with Crippen LogP contribution in [0.25, 0.3) is 0 Å². The summed E-state index contributed by atoms with van der Waals surface area (Å²) < 4.78 is 0. The van der Waals surface area contributed by atoms with Crippen molar-refractivity contribution >= 4 is 11.9 Å². The molecule has 0 unspecified atom stereocenters. The molecule has 0 saturated carbocycles. The van der Waals surface area contributed by atoms with Gasteiger partial charge in [0.25, 0.3) is 0 Å². The number of nitrogens with one attached hydrogen (secondary N) is 1. The summed E-state index contributed by atoms with van der Waals surface area (Å²) in [7, 11) is 0. The Kier molecular flexibility index (Phi) is 4.18. The number of nitrogens with zero attached hydrogens (tertiary/aromatic N) is 3. The molecule has 1 aliphatic rings. The molecule has 6 heteroatoms. The number of hydrogen-bond donors (Lipinski definition) is 2. The number of pyridine rings is 1. The van der Waals surface area contributed by atoms with Gasteiger partial charge in [-0.05, 0) is 30.9 Å². The first-order valence-corrected chi connectivity index (χ1v) is 6.27. The smallest absolute Gasteiger partial charge is 0.407 e. The molecular formula is C13H16N4O2. The number of carbonyl (C=O) groups is 1. The van der Waals surface area contributed by atoms with Crippen molar-refractivity contribution in [3.63, 3.8) is 0 Å². The molecule has 6 nitrogen and oxygen atoms in total. The van der Waals surface area contributed by atoms with Gasteiger partial charge in [-0.1, -0.05) is 0 Å². The molecule has 1 fully saturated rings. The van der Waals surface area contributed by atoms with E-state index >= 15 is 0 Å². The first-order valence-electron chi connectivity index (χ1n) is 6.27. The van der Waals surface area contributed by atoms with Crippen LogP contribution < -0.4 is 5.32 Å². The zero-order valence-electron chi connectivity index (χ0n) is 10.5. The van der Waals surface area contributed by atoms with E-state index in [2.05, 4.69) is 16.4 Å². The molecule has 0 aromatic carbocycles. The monoisotopic (exact) mass is 260 g/mol. The molecule has 0 bridgehead atoms. The van der Waals surface area contributed by atoms with E-state index in [-0.39, 0.29) is 0 Å². The average molecular weight is 260 g/mol. The zero-order chi connectivity index (χ0) is 13.7. The third kappa shape index (κ3) is 3.35. The van der Waals surface area contributed by atoms with E-state index in [1.165, 1.54) is 4.90 Å². The summed E-state index contributed by atoms with van der Waals surface area (Å²) in [6, 6.07) is 5.55. The summed E-state index contributed by atoms with van der Waals surface area (Å²) in [5, 5.41) is 21.0. The highest BCUT2D eigenvalue weighted by Gasteiger charge is 2.22. The molecule has 19 heavy (non-hydrogen) atoms. The van der Waals surface area contributed by atoms with Gasteiger partial charge in [-0.15, -0.1) is 0 Å². The van der Waals surface area contributed by atoms with Gasteiger partial charge in [-0.3, -0.25) is 0 Å². The number of likely N-dealkylation sites (tertiary alicyclic amines) is 1. The predicted molar refractivity (Wildman–Crippen MR) is 69.8 cm³/mol. The fourth-order valence-corrected chi connectivity index (χ4v) is 2.21. The van der Waals surface area contributed by atoms with Crippen LogP contribution in [0.5, 0.6) is 0 Å². The average Bonchev–Trinajstić information content (AvgIpc) is 2.45. The molecule has 2 heterocycles. The number of piperidine rings is 1. The van der Waals surface area contributed by atoms with E-state index in [1.807, 2.05) is 0 Å². The lowest BCUT2D eigenvalue weighted by molar-refractivity contribution is 0.126. The number of carboxylic acid groups (broad SMARTS) is 1. The first kappa shape index (κ1) is 13.1. The molecule has 2 N–H and O–H groups in total. The van der Waals surface area contributed by atoms with Crippen LogP contribution in [0, 0.1) is 17.2 Å². The second kappa shape index (κ2) is 6.05. The van der Waals surface area contributed by atoms with E-state index in [9.17, 15) is 4.79 Å². The van der Waals surface area contributed by atoms with Crippen molar-refractivity contribution in [1.82, 2.24) is 9.88 Å². The Hall–Kier alpha value is -2.29. The molecular weight excluding hydrogens is 244 g/mol. The second-order valence-corrected chi connectivity index (χ2v) is 4.61. The largest absolute Gasteiger partial charge is 0.465 e. The summed E-state index contributed by atoms with van der Waals surface area (Å²) in [5.41, 5.74) is 0.533. The van der Waals surface area contributed by atoms with Gasteiger partial charge >= 0.3 is 6.09 Å². The highest BCUT2D eigenvalue weighted by molar-refractivity contribution is 5.65. The topological polar surface area (TPSA) is 89.3 Å². The number of hydrogen-bond acceptors (Lipinski definition) is 4. The van der Waals surface area contributed by atoms with Gasteiger partial charge in [0.05, 0.1) is 5.56 Å². The Morgan fingerprint density at radius 3 is 2.95 bits per heavy atom. The molecule has 1 aromatic rings. The Bertz CT molecular complexity index is 490. The molecule has 1 saturated heterocycles. The van der Waals surface area contributed by atoms with Gasteiger partial charge in [0.2, 0.25) is 0 Å². The lowest BCUT2D eigenvalue weighted by atomic mass is 9.97. The Labute approximate surface area is 111 Å². The number of anilines is 1. The summed E-state index contributed by atoms with van der Waals surface area (Å²) in [4.78, 5) is 16.4. The van der Waals surface area contributed by atoms with Gasteiger partial charge in [0.1, 0.15) is 11.9 Å². The van der Waals surface area contributed by atoms with Crippen molar-refractivity contribution in [2.45, 2.75) is 12.8 Å². The van der Waals surface area contributed by atoms with Crippen molar-refractivity contribution in [3.8, 4) is 6.07 Å². The lowest BCUT2D eigenvalue weighted by Crippen LogP contribution is -2.39. The van der Waals surface area contributed by atoms with Crippen LogP contribution in [0.15, 0.2) is 18.3 Å². The van der Waals surface area contributed by atoms with E-state index in [0.717, 1.165) is 19.4 Å². The minimum atomic E-state index is -0.845. The zero-order valence-corrected chi connectivity index (χ0v) is 10.5. The summed E-state index contributed by atoms with van der Waals surface area (Å²) in [5.74, 6) is 1.02. The lowest BCUT2D eigenvalue weighted by Gasteiger charge is -2.30. The highest BCUT2D eigenvalue weighted by atomic mass is 16.4. The van der Waals surface area contributed by atoms with E-state index in [4.69, 9.17) is 10.4 Å². The first-order chi connectivity index (χ1) is 9.20. The van der Waals surface area contributed by atoms with Gasteiger partial charge < -0.3 is 15.3 Å². The second-order valence-electron chi connectivity index (χ2n) is 4.61. The van der Waals surface area contributed by atoms with Crippen LogP contribution >= 0.6 is 0 Å². The molecule has 2 rings (SSSR count). The van der Waals surface area contributed by atoms with E-state index in [1.54, 1.807) is 18.3 Å². The van der Waals surface area contributed by atoms with E-state index in [0.29, 0.717) is 30.4 Å². The summed E-state index contributed by atoms with van der Waals surface area (Å²) in [6.07, 6.45) is 2.49. The van der Waals surface area contributed by atoms with Crippen LogP contribution in [0.1, 0.15) is 18.4 Å². The van der Waals surface area contributed by atoms with Crippen LogP contribution in [0.4, 0.5) is 10.6 Å². The Morgan fingerprint density at radius 2 is 2.32 bits per heavy atom. The van der Waals surface area contributed by atoms with Gasteiger partial charge in [-0.25, -0.2) is 9.78 Å². The SMILES string of the molecule is N#Cc1cccnc1NCC1CCN(C(=O)O)CC1. The van der Waals surface area contributed by atoms with Gasteiger partial charge in [-0.2, -0.15) is 5.26 Å². The molecule has 0 atom stereocenters. The van der Waals surface area contributed by atoms with Crippen molar-refractivity contribution in [2.24, 2.45) is 5.92 Å². The predicted octanol–water partition coefficient (Wildman–Crippen LogP) is 1.76. The quantitative estimate of drug-likeness (QED) is 0.864. The van der Waals surface area contributed by atoms with Crippen molar-refractivity contribution in [1.29, 1.82) is 5.26 Å². The number of amides is 1.